The fourth-order valence-corrected chi connectivity index (χ4v) is 2.11. The van der Waals surface area contributed by atoms with Gasteiger partial charge in [0.15, 0.2) is 17.4 Å². The molecule has 0 amide bonds. The van der Waals surface area contributed by atoms with Crippen molar-refractivity contribution in [1.29, 1.82) is 0 Å². The number of aliphatic hydroxyl groups is 3. The summed E-state index contributed by atoms with van der Waals surface area (Å²) < 4.78 is 6.33. The van der Waals surface area contributed by atoms with Crippen LogP contribution < -0.4 is 11.3 Å². The maximum absolute atomic E-state index is 11.6. The van der Waals surface area contributed by atoms with E-state index in [2.05, 4.69) is 20.3 Å². The number of hydrogen-bond donors (Lipinski definition) is 5. The van der Waals surface area contributed by atoms with Gasteiger partial charge in [0, 0.05) is 0 Å². The second-order valence-electron chi connectivity index (χ2n) is 4.39. The number of nitrogens with two attached hydrogens (primary N) is 1. The highest BCUT2D eigenvalue weighted by Gasteiger charge is 2.44. The predicted octanol–water partition coefficient (Wildman–Crippen LogP) is -3.29. The van der Waals surface area contributed by atoms with E-state index in [1.54, 1.807) is 0 Å². The van der Waals surface area contributed by atoms with Gasteiger partial charge in [0.2, 0.25) is 5.95 Å². The Balaban J connectivity index is 2.09. The van der Waals surface area contributed by atoms with Crippen LogP contribution in [0.1, 0.15) is 6.23 Å². The van der Waals surface area contributed by atoms with Crippen LogP contribution in [0.15, 0.2) is 4.79 Å². The average molecular weight is 284 g/mol. The van der Waals surface area contributed by atoms with E-state index >= 15 is 0 Å². The van der Waals surface area contributed by atoms with E-state index < -0.39 is 36.7 Å². The third kappa shape index (κ3) is 1.76. The maximum Gasteiger partial charge on any atom is 0.282 e. The van der Waals surface area contributed by atoms with Crippen molar-refractivity contribution in [2.24, 2.45) is 0 Å². The van der Waals surface area contributed by atoms with Gasteiger partial charge in [-0.05, 0) is 0 Å². The Morgan fingerprint density at radius 1 is 1.40 bits per heavy atom. The molecule has 2 aromatic heterocycles. The third-order valence-electron chi connectivity index (χ3n) is 3.11. The Bertz CT molecular complexity index is 698. The van der Waals surface area contributed by atoms with Crippen molar-refractivity contribution < 1.29 is 20.1 Å². The lowest BCUT2D eigenvalue weighted by molar-refractivity contribution is -0.0574. The van der Waals surface area contributed by atoms with Crippen LogP contribution in [-0.4, -0.2) is 65.2 Å². The van der Waals surface area contributed by atoms with E-state index in [4.69, 9.17) is 15.6 Å². The minimum Gasteiger partial charge on any atom is -0.394 e. The molecule has 11 heteroatoms. The molecule has 20 heavy (non-hydrogen) atoms. The van der Waals surface area contributed by atoms with Crippen LogP contribution in [0.25, 0.3) is 11.2 Å². The first-order chi connectivity index (χ1) is 9.52. The van der Waals surface area contributed by atoms with Crippen molar-refractivity contribution in [3.8, 4) is 0 Å². The monoisotopic (exact) mass is 284 g/mol. The molecule has 0 spiro atoms. The van der Waals surface area contributed by atoms with Gasteiger partial charge in [0.1, 0.15) is 18.3 Å². The maximum atomic E-state index is 11.6. The van der Waals surface area contributed by atoms with Gasteiger partial charge in [-0.15, -0.1) is 5.10 Å². The number of aliphatic hydroxyl groups excluding tert-OH is 3. The van der Waals surface area contributed by atoms with E-state index in [1.165, 1.54) is 0 Å². The van der Waals surface area contributed by atoms with Gasteiger partial charge in [-0.2, -0.15) is 9.67 Å². The molecule has 1 fully saturated rings. The van der Waals surface area contributed by atoms with Crippen LogP contribution in [-0.2, 0) is 4.74 Å². The van der Waals surface area contributed by atoms with Crippen LogP contribution >= 0.6 is 0 Å². The molecule has 0 aromatic carbocycles. The Hall–Kier alpha value is -2.08. The zero-order valence-electron chi connectivity index (χ0n) is 10.0. The number of aromatic amines is 1. The summed E-state index contributed by atoms with van der Waals surface area (Å²) >= 11 is 0. The van der Waals surface area contributed by atoms with Gasteiger partial charge >= 0.3 is 0 Å². The molecule has 4 atom stereocenters. The molecule has 0 aliphatic carbocycles. The number of hydrogen-bond acceptors (Lipinski definition) is 9. The first-order valence-electron chi connectivity index (χ1n) is 5.76. The molecule has 2 aromatic rings. The zero-order valence-corrected chi connectivity index (χ0v) is 10.0. The van der Waals surface area contributed by atoms with Gasteiger partial charge in [0.25, 0.3) is 5.56 Å². The molecule has 0 bridgehead atoms. The van der Waals surface area contributed by atoms with Gasteiger partial charge in [0.05, 0.1) is 6.61 Å². The summed E-state index contributed by atoms with van der Waals surface area (Å²) in [5, 5.41) is 36.0. The number of nitrogens with one attached hydrogen (secondary N) is 1. The van der Waals surface area contributed by atoms with E-state index in [9.17, 15) is 15.0 Å². The highest BCUT2D eigenvalue weighted by Crippen LogP contribution is 2.29. The van der Waals surface area contributed by atoms with Crippen molar-refractivity contribution in [1.82, 2.24) is 25.0 Å². The third-order valence-corrected chi connectivity index (χ3v) is 3.11. The lowest BCUT2D eigenvalue weighted by Gasteiger charge is -2.14. The minimum atomic E-state index is -1.35. The lowest BCUT2D eigenvalue weighted by atomic mass is 10.1. The van der Waals surface area contributed by atoms with E-state index in [1.807, 2.05) is 0 Å². The average Bonchev–Trinajstić information content (AvgIpc) is 2.93. The summed E-state index contributed by atoms with van der Waals surface area (Å²) in [5.41, 5.74) is 4.80. The molecule has 3 rings (SSSR count). The van der Waals surface area contributed by atoms with Crippen molar-refractivity contribution >= 4 is 17.1 Å². The SMILES string of the molecule is Nc1nc2c(nnn2[C@@H]2O[C@@H](CO)[C@@H](O)[C@@H]2O)c(=O)[nH]1. The zero-order chi connectivity index (χ0) is 14.4. The van der Waals surface area contributed by atoms with Gasteiger partial charge < -0.3 is 25.8 Å². The van der Waals surface area contributed by atoms with Crippen molar-refractivity contribution in [3.63, 3.8) is 0 Å². The summed E-state index contributed by atoms with van der Waals surface area (Å²) in [6.45, 7) is -0.475. The number of nitrogen functional groups attached to an aromatic ring is 1. The molecule has 1 saturated heterocycles. The highest BCUT2D eigenvalue weighted by atomic mass is 16.6. The molecule has 0 saturated carbocycles. The van der Waals surface area contributed by atoms with Gasteiger partial charge in [-0.25, -0.2) is 0 Å². The fourth-order valence-electron chi connectivity index (χ4n) is 2.11. The van der Waals surface area contributed by atoms with Crippen LogP contribution in [0, 0.1) is 0 Å². The smallest absolute Gasteiger partial charge is 0.282 e. The normalized spacial score (nSPS) is 30.1. The van der Waals surface area contributed by atoms with E-state index in [0.717, 1.165) is 4.68 Å². The van der Waals surface area contributed by atoms with Gasteiger partial charge in [-0.1, -0.05) is 5.21 Å². The fraction of sp³-hybridized carbons (Fsp3) is 0.556. The number of H-pyrrole nitrogens is 1. The number of rotatable bonds is 2. The number of ether oxygens (including phenoxy) is 1. The first-order valence-corrected chi connectivity index (χ1v) is 5.76. The van der Waals surface area contributed by atoms with Crippen LogP contribution in [0.4, 0.5) is 5.95 Å². The molecular weight excluding hydrogens is 272 g/mol. The lowest BCUT2D eigenvalue weighted by Crippen LogP contribution is -2.33. The Kier molecular flexibility index (Phi) is 2.90. The second-order valence-corrected chi connectivity index (χ2v) is 4.39. The van der Waals surface area contributed by atoms with Crippen molar-refractivity contribution in [2.45, 2.75) is 24.5 Å². The van der Waals surface area contributed by atoms with Crippen molar-refractivity contribution in [2.75, 3.05) is 12.3 Å². The Morgan fingerprint density at radius 3 is 2.80 bits per heavy atom. The predicted molar refractivity (Wildman–Crippen MR) is 63.4 cm³/mol. The molecule has 0 unspecified atom stereocenters. The Morgan fingerprint density at radius 2 is 2.15 bits per heavy atom. The highest BCUT2D eigenvalue weighted by molar-refractivity contribution is 5.69. The summed E-state index contributed by atoms with van der Waals surface area (Å²) in [6.07, 6.45) is -4.72. The molecule has 0 radical (unpaired) electrons. The van der Waals surface area contributed by atoms with Crippen LogP contribution in [0.5, 0.6) is 0 Å². The molecular formula is C9H12N6O5. The number of anilines is 1. The molecule has 11 nitrogen and oxygen atoms in total. The molecule has 108 valence electrons. The molecule has 6 N–H and O–H groups in total. The van der Waals surface area contributed by atoms with Crippen LogP contribution in [0.3, 0.4) is 0 Å². The topological polar surface area (TPSA) is 172 Å². The summed E-state index contributed by atoms with van der Waals surface area (Å²) in [6, 6.07) is 0. The second kappa shape index (κ2) is 4.49. The number of fused-ring (bicyclic) bond motifs is 1. The van der Waals surface area contributed by atoms with Gasteiger partial charge in [-0.3, -0.25) is 9.78 Å². The standard InChI is InChI=1S/C9H12N6O5/c10-9-11-6-3(7(19)12-9)13-14-15(6)8-5(18)4(17)2(1-16)20-8/h2,4-5,8,16-18H,1H2,(H3,10,11,12,19)/t2-,4+,5-,8+/m0/s1. The van der Waals surface area contributed by atoms with E-state index in [0.29, 0.717) is 0 Å². The summed E-state index contributed by atoms with van der Waals surface area (Å²) in [4.78, 5) is 17.7. The van der Waals surface area contributed by atoms with Crippen LogP contribution in [0.2, 0.25) is 0 Å². The first kappa shape index (κ1) is 12.9. The summed E-state index contributed by atoms with van der Waals surface area (Å²) in [7, 11) is 0. The summed E-state index contributed by atoms with van der Waals surface area (Å²) in [5.74, 6) is -0.141. The number of nitrogens with zero attached hydrogens (tertiary/aromatic N) is 4. The molecule has 1 aliphatic rings. The minimum absolute atomic E-state index is 0.0149. The quantitative estimate of drug-likeness (QED) is 0.378. The Labute approximate surface area is 110 Å². The molecule has 1 aliphatic heterocycles. The molecule has 3 heterocycles. The van der Waals surface area contributed by atoms with E-state index in [-0.39, 0.29) is 17.1 Å². The largest absolute Gasteiger partial charge is 0.394 e. The van der Waals surface area contributed by atoms with Crippen molar-refractivity contribution in [3.05, 3.63) is 10.4 Å². The number of aromatic nitrogens is 5.